The topological polar surface area (TPSA) is 140 Å². The van der Waals surface area contributed by atoms with Crippen molar-refractivity contribution in [1.82, 2.24) is 0 Å². The fraction of sp³-hybridized carbons (Fsp3) is 0.750. The summed E-state index contributed by atoms with van der Waals surface area (Å²) in [7, 11) is 0. The highest BCUT2D eigenvalue weighted by atomic mass is 16.6. The number of hydrogen-bond acceptors (Lipinski definition) is 8. The van der Waals surface area contributed by atoms with E-state index < -0.39 is 37.3 Å². The number of aliphatic hydroxyl groups is 5. The number of rotatable bonds is 3. The second-order valence-electron chi connectivity index (χ2n) is 7.20. The van der Waals surface area contributed by atoms with Gasteiger partial charge in [-0.25, -0.2) is 0 Å². The number of carbonyl (C=O) groups excluding carboxylic acids is 1. The van der Waals surface area contributed by atoms with Crippen LogP contribution in [0.1, 0.15) is 33.6 Å². The van der Waals surface area contributed by atoms with Gasteiger partial charge in [-0.15, -0.1) is 0 Å². The molecule has 0 aromatic rings. The first-order valence-corrected chi connectivity index (χ1v) is 7.88. The van der Waals surface area contributed by atoms with Crippen LogP contribution in [0.2, 0.25) is 0 Å². The molecular formula is C16H25NO7. The lowest BCUT2D eigenvalue weighted by atomic mass is 9.75. The maximum atomic E-state index is 12.3. The van der Waals surface area contributed by atoms with Gasteiger partial charge < -0.3 is 30.3 Å². The first-order valence-electron chi connectivity index (χ1n) is 7.88. The molecule has 0 radical (unpaired) electrons. The van der Waals surface area contributed by atoms with Crippen molar-refractivity contribution in [2.24, 2.45) is 10.4 Å². The zero-order chi connectivity index (χ0) is 18.2. The highest BCUT2D eigenvalue weighted by Gasteiger charge is 2.44. The van der Waals surface area contributed by atoms with Gasteiger partial charge in [0, 0.05) is 18.6 Å². The molecule has 1 saturated heterocycles. The van der Waals surface area contributed by atoms with Crippen molar-refractivity contribution in [2.45, 2.75) is 64.3 Å². The first-order chi connectivity index (χ1) is 11.1. The maximum Gasteiger partial charge on any atom is 0.180 e. The van der Waals surface area contributed by atoms with Crippen molar-refractivity contribution >= 4 is 11.5 Å². The lowest BCUT2D eigenvalue weighted by Crippen LogP contribution is -2.58. The monoisotopic (exact) mass is 343 g/mol. The number of Topliss-reactive ketones (excluding diaryl/α,β-unsaturated/α-hetero) is 1. The summed E-state index contributed by atoms with van der Waals surface area (Å²) in [5.74, 6) is -0.341. The zero-order valence-corrected chi connectivity index (χ0v) is 14.0. The van der Waals surface area contributed by atoms with Crippen LogP contribution in [0.5, 0.6) is 0 Å². The standard InChI is InChI=1S/C16H25NO7/c1-7(11-8(19)4-16(2,3)5-9(11)20)17-12-14(22)13(21)10(6-18)24-15(12)23/h10,12-15,18-19,21-23H,4-6H2,1-3H3/t10-,12-,13-,14-,15+/m1/s1. The Bertz CT molecular complexity index is 569. The van der Waals surface area contributed by atoms with E-state index in [0.717, 1.165) is 0 Å². The Morgan fingerprint density at radius 3 is 2.42 bits per heavy atom. The summed E-state index contributed by atoms with van der Waals surface area (Å²) in [6, 6.07) is -1.23. The highest BCUT2D eigenvalue weighted by Crippen LogP contribution is 2.36. The van der Waals surface area contributed by atoms with Gasteiger partial charge >= 0.3 is 0 Å². The number of carbonyl (C=O) groups is 1. The molecule has 0 spiro atoms. The lowest BCUT2D eigenvalue weighted by molar-refractivity contribution is -0.248. The molecule has 1 aliphatic heterocycles. The largest absolute Gasteiger partial charge is 0.511 e. The number of aliphatic imine (C=N–C) groups is 1. The molecule has 2 aliphatic rings. The Morgan fingerprint density at radius 2 is 1.88 bits per heavy atom. The normalized spacial score (nSPS) is 37.7. The van der Waals surface area contributed by atoms with Crippen LogP contribution in [-0.2, 0) is 9.53 Å². The van der Waals surface area contributed by atoms with Crippen LogP contribution in [0.25, 0.3) is 0 Å². The second kappa shape index (κ2) is 6.89. The predicted octanol–water partition coefficient (Wildman–Crippen LogP) is -0.552. The molecule has 0 aromatic heterocycles. The number of allylic oxidation sites excluding steroid dienone is 2. The smallest absolute Gasteiger partial charge is 0.180 e. The molecule has 1 heterocycles. The van der Waals surface area contributed by atoms with E-state index in [0.29, 0.717) is 6.42 Å². The molecule has 8 nitrogen and oxygen atoms in total. The Labute approximate surface area is 140 Å². The minimum atomic E-state index is -1.55. The van der Waals surface area contributed by atoms with E-state index in [4.69, 9.17) is 9.84 Å². The van der Waals surface area contributed by atoms with Crippen molar-refractivity contribution in [1.29, 1.82) is 0 Å². The van der Waals surface area contributed by atoms with Crippen molar-refractivity contribution in [2.75, 3.05) is 6.61 Å². The van der Waals surface area contributed by atoms with Gasteiger partial charge in [-0.1, -0.05) is 13.8 Å². The van der Waals surface area contributed by atoms with Gasteiger partial charge in [0.15, 0.2) is 12.1 Å². The summed E-state index contributed by atoms with van der Waals surface area (Å²) < 4.78 is 5.03. The average molecular weight is 343 g/mol. The molecule has 0 unspecified atom stereocenters. The number of nitrogens with zero attached hydrogens (tertiary/aromatic N) is 1. The molecule has 5 N–H and O–H groups in total. The van der Waals surface area contributed by atoms with E-state index >= 15 is 0 Å². The third-order valence-electron chi connectivity index (χ3n) is 4.42. The molecule has 1 fully saturated rings. The highest BCUT2D eigenvalue weighted by molar-refractivity contribution is 6.22. The SMILES string of the molecule is CC(=N[C@@H]1[C@@H](O)[C@H](O)[C@@H](CO)O[C@@H]1O)C1=C(O)CC(C)(C)CC1=O. The molecular weight excluding hydrogens is 318 g/mol. The molecule has 0 saturated carbocycles. The average Bonchev–Trinajstić information content (AvgIpc) is 2.45. The molecule has 8 heteroatoms. The van der Waals surface area contributed by atoms with E-state index in [1.54, 1.807) is 0 Å². The maximum absolute atomic E-state index is 12.3. The van der Waals surface area contributed by atoms with Crippen LogP contribution in [0.3, 0.4) is 0 Å². The van der Waals surface area contributed by atoms with E-state index in [1.807, 2.05) is 13.8 Å². The summed E-state index contributed by atoms with van der Waals surface area (Å²) in [5.41, 5.74) is -0.107. The van der Waals surface area contributed by atoms with Crippen LogP contribution >= 0.6 is 0 Å². The van der Waals surface area contributed by atoms with Crippen LogP contribution in [-0.4, -0.2) is 74.3 Å². The van der Waals surface area contributed by atoms with Crippen LogP contribution in [0.15, 0.2) is 16.3 Å². The summed E-state index contributed by atoms with van der Waals surface area (Å²) in [5, 5.41) is 49.2. The molecule has 0 aromatic carbocycles. The fourth-order valence-electron chi connectivity index (χ4n) is 3.21. The number of hydrogen-bond donors (Lipinski definition) is 5. The summed E-state index contributed by atoms with van der Waals surface area (Å²) in [6.07, 6.45) is -4.99. The zero-order valence-electron chi connectivity index (χ0n) is 14.0. The molecule has 0 bridgehead atoms. The van der Waals surface area contributed by atoms with E-state index in [2.05, 4.69) is 4.99 Å². The van der Waals surface area contributed by atoms with Crippen molar-refractivity contribution in [3.8, 4) is 0 Å². The van der Waals surface area contributed by atoms with E-state index in [-0.39, 0.29) is 34.7 Å². The van der Waals surface area contributed by atoms with Crippen molar-refractivity contribution < 1.29 is 35.1 Å². The molecule has 136 valence electrons. The number of ether oxygens (including phenoxy) is 1. The fourth-order valence-corrected chi connectivity index (χ4v) is 3.21. The second-order valence-corrected chi connectivity index (χ2v) is 7.20. The Kier molecular flexibility index (Phi) is 5.46. The Balaban J connectivity index is 2.29. The lowest BCUT2D eigenvalue weighted by Gasteiger charge is -2.38. The number of ketones is 1. The van der Waals surface area contributed by atoms with E-state index in [9.17, 15) is 25.2 Å². The van der Waals surface area contributed by atoms with Gasteiger partial charge in [0.2, 0.25) is 0 Å². The minimum absolute atomic E-state index is 0.0764. The predicted molar refractivity (Wildman–Crippen MR) is 84.6 cm³/mol. The first kappa shape index (κ1) is 19.0. The van der Waals surface area contributed by atoms with Crippen LogP contribution in [0.4, 0.5) is 0 Å². The van der Waals surface area contributed by atoms with Crippen LogP contribution in [0, 0.1) is 5.41 Å². The van der Waals surface area contributed by atoms with E-state index in [1.165, 1.54) is 6.92 Å². The summed E-state index contributed by atoms with van der Waals surface area (Å²) in [6.45, 7) is 4.67. The van der Waals surface area contributed by atoms with Gasteiger partial charge in [0.25, 0.3) is 0 Å². The molecule has 1 aliphatic carbocycles. The quantitative estimate of drug-likeness (QED) is 0.433. The third-order valence-corrected chi connectivity index (χ3v) is 4.42. The summed E-state index contributed by atoms with van der Waals surface area (Å²) in [4.78, 5) is 16.4. The van der Waals surface area contributed by atoms with Crippen molar-refractivity contribution in [3.05, 3.63) is 11.3 Å². The molecule has 2 rings (SSSR count). The Morgan fingerprint density at radius 1 is 1.25 bits per heavy atom. The summed E-state index contributed by atoms with van der Waals surface area (Å²) >= 11 is 0. The van der Waals surface area contributed by atoms with Gasteiger partial charge in [-0.2, -0.15) is 0 Å². The molecule has 5 atom stereocenters. The Hall–Kier alpha value is -1.32. The number of aliphatic hydroxyl groups excluding tert-OH is 5. The van der Waals surface area contributed by atoms with Crippen LogP contribution < -0.4 is 0 Å². The van der Waals surface area contributed by atoms with Gasteiger partial charge in [0.1, 0.15) is 30.1 Å². The third kappa shape index (κ3) is 3.68. The van der Waals surface area contributed by atoms with Gasteiger partial charge in [0.05, 0.1) is 12.2 Å². The minimum Gasteiger partial charge on any atom is -0.511 e. The van der Waals surface area contributed by atoms with Crippen molar-refractivity contribution in [3.63, 3.8) is 0 Å². The van der Waals surface area contributed by atoms with Gasteiger partial charge in [-0.3, -0.25) is 9.79 Å². The molecule has 0 amide bonds. The van der Waals surface area contributed by atoms with Gasteiger partial charge in [-0.05, 0) is 12.3 Å². The molecule has 24 heavy (non-hydrogen) atoms.